The number of carbonyl (C=O) groups excluding carboxylic acids is 2. The van der Waals surface area contributed by atoms with Crippen molar-refractivity contribution in [2.45, 2.75) is 26.2 Å². The first kappa shape index (κ1) is 21.3. The Morgan fingerprint density at radius 1 is 1.35 bits per heavy atom. The van der Waals surface area contributed by atoms with Crippen molar-refractivity contribution in [1.82, 2.24) is 9.80 Å². The lowest BCUT2D eigenvalue weighted by Crippen LogP contribution is -2.85. The highest BCUT2D eigenvalue weighted by molar-refractivity contribution is 8.33. The van der Waals surface area contributed by atoms with Gasteiger partial charge in [-0.15, -0.1) is 11.8 Å². The van der Waals surface area contributed by atoms with E-state index >= 15 is 0 Å². The number of aliphatic carboxylic acids is 1. The molecule has 3 aliphatic rings. The maximum Gasteiger partial charge on any atom is 0.243 e. The van der Waals surface area contributed by atoms with Gasteiger partial charge in [0.15, 0.2) is 0 Å². The van der Waals surface area contributed by atoms with Crippen LogP contribution in [0.5, 0.6) is 0 Å². The summed E-state index contributed by atoms with van der Waals surface area (Å²) in [6, 6.07) is 0. The molecule has 2 N–H and O–H groups in total. The van der Waals surface area contributed by atoms with E-state index in [0.717, 1.165) is 34.7 Å². The van der Waals surface area contributed by atoms with Crippen LogP contribution in [0.3, 0.4) is 0 Å². The lowest BCUT2D eigenvalue weighted by molar-refractivity contribution is -0.662. The smallest absolute Gasteiger partial charge is 0.243 e. The lowest BCUT2D eigenvalue weighted by Gasteiger charge is -2.20. The summed E-state index contributed by atoms with van der Waals surface area (Å²) in [7, 11) is 1.98. The van der Waals surface area contributed by atoms with Crippen LogP contribution in [0.2, 0.25) is 0 Å². The van der Waals surface area contributed by atoms with E-state index in [0.29, 0.717) is 5.70 Å². The topological polar surface area (TPSA) is 80.3 Å². The van der Waals surface area contributed by atoms with Crippen LogP contribution in [0.4, 0.5) is 0 Å². The monoisotopic (exact) mass is 415 g/mol. The molecule has 0 aromatic heterocycles. The molecule has 26 heavy (non-hydrogen) atoms. The van der Waals surface area contributed by atoms with Crippen LogP contribution in [-0.4, -0.2) is 64.2 Å². The van der Waals surface area contributed by atoms with E-state index in [2.05, 4.69) is 10.2 Å². The van der Waals surface area contributed by atoms with Crippen molar-refractivity contribution < 1.29 is 20.0 Å². The van der Waals surface area contributed by atoms with Gasteiger partial charge in [0.25, 0.3) is 0 Å². The van der Waals surface area contributed by atoms with Gasteiger partial charge >= 0.3 is 0 Å². The molecule has 0 saturated carbocycles. The number of carboxylic acid groups (broad SMARTS) is 1. The number of nitrogens with two attached hydrogens (primary N) is 1. The predicted octanol–water partition coefficient (Wildman–Crippen LogP) is 0.124. The average Bonchev–Trinajstić information content (AvgIpc) is 3.12. The summed E-state index contributed by atoms with van der Waals surface area (Å²) in [5, 5.41) is 14.0. The Balaban J connectivity index is 0.000000342. The SMILES string of the molecule is C1CC[NH2+]CC1.CC(C=C1SCCN1C)=C1C(=O)SC(=S)N1CC(=O)[O-]. The van der Waals surface area contributed by atoms with Crippen LogP contribution in [-0.2, 0) is 9.59 Å². The zero-order valence-electron chi connectivity index (χ0n) is 15.2. The van der Waals surface area contributed by atoms with Crippen molar-refractivity contribution in [2.75, 3.05) is 39.0 Å². The second-order valence-electron chi connectivity index (χ2n) is 6.32. The third-order valence-corrected chi connectivity index (χ3v) is 6.59. The number of nitrogens with zero attached hydrogens (tertiary/aromatic N) is 2. The summed E-state index contributed by atoms with van der Waals surface area (Å²) in [6.45, 7) is 5.11. The maximum atomic E-state index is 12.0. The van der Waals surface area contributed by atoms with Gasteiger partial charge in [0.2, 0.25) is 5.12 Å². The summed E-state index contributed by atoms with van der Waals surface area (Å²) >= 11 is 7.64. The molecule has 3 heterocycles. The molecule has 3 aliphatic heterocycles. The first-order valence-corrected chi connectivity index (χ1v) is 10.9. The quantitative estimate of drug-likeness (QED) is 0.515. The third kappa shape index (κ3) is 6.00. The van der Waals surface area contributed by atoms with Gasteiger partial charge in [-0.25, -0.2) is 0 Å². The highest BCUT2D eigenvalue weighted by Gasteiger charge is 2.33. The maximum absolute atomic E-state index is 12.0. The Morgan fingerprint density at radius 2 is 2.04 bits per heavy atom. The van der Waals surface area contributed by atoms with Crippen LogP contribution in [0.15, 0.2) is 22.4 Å². The van der Waals surface area contributed by atoms with Gasteiger partial charge in [0.1, 0.15) is 10.0 Å². The lowest BCUT2D eigenvalue weighted by atomic mass is 10.2. The van der Waals surface area contributed by atoms with Crippen molar-refractivity contribution in [3.63, 3.8) is 0 Å². The van der Waals surface area contributed by atoms with Crippen molar-refractivity contribution in [3.05, 3.63) is 22.4 Å². The number of piperidine rings is 1. The molecule has 6 nitrogen and oxygen atoms in total. The van der Waals surface area contributed by atoms with Gasteiger partial charge in [0.05, 0.1) is 30.6 Å². The molecule has 3 fully saturated rings. The molecule has 0 aromatic carbocycles. The minimum Gasteiger partial charge on any atom is -0.548 e. The molecule has 144 valence electrons. The van der Waals surface area contributed by atoms with Crippen LogP contribution < -0.4 is 10.4 Å². The number of carboxylic acids is 1. The fraction of sp³-hybridized carbons (Fsp3) is 0.588. The molecule has 3 rings (SSSR count). The highest BCUT2D eigenvalue weighted by atomic mass is 32.2. The van der Waals surface area contributed by atoms with E-state index in [1.807, 2.05) is 13.1 Å². The molecule has 9 heteroatoms. The fourth-order valence-corrected chi connectivity index (χ4v) is 5.16. The molecular weight excluding hydrogens is 390 g/mol. The Hall–Kier alpha value is -1.03. The zero-order valence-corrected chi connectivity index (χ0v) is 17.6. The molecule has 0 spiro atoms. The van der Waals surface area contributed by atoms with Gasteiger partial charge < -0.3 is 25.0 Å². The summed E-state index contributed by atoms with van der Waals surface area (Å²) in [6.07, 6.45) is 6.26. The number of hydrogen-bond acceptors (Lipinski definition) is 7. The van der Waals surface area contributed by atoms with Crippen molar-refractivity contribution in [2.24, 2.45) is 0 Å². The Bertz CT molecular complexity index is 618. The van der Waals surface area contributed by atoms with Gasteiger partial charge in [-0.1, -0.05) is 12.2 Å². The molecule has 0 unspecified atom stereocenters. The number of rotatable bonds is 3. The van der Waals surface area contributed by atoms with Crippen molar-refractivity contribution in [3.8, 4) is 0 Å². The molecule has 0 atom stereocenters. The number of carbonyl (C=O) groups is 2. The largest absolute Gasteiger partial charge is 0.548 e. The Labute approximate surface area is 168 Å². The Kier molecular flexibility index (Phi) is 8.46. The van der Waals surface area contributed by atoms with E-state index in [1.165, 1.54) is 37.3 Å². The third-order valence-electron chi connectivity index (χ3n) is 4.23. The summed E-state index contributed by atoms with van der Waals surface area (Å²) < 4.78 is 0.263. The first-order chi connectivity index (χ1) is 12.4. The van der Waals surface area contributed by atoms with Crippen molar-refractivity contribution in [1.29, 1.82) is 0 Å². The molecule has 3 saturated heterocycles. The van der Waals surface area contributed by atoms with Gasteiger partial charge in [-0.05, 0) is 49.6 Å². The molecular formula is C17H25N3O3S3. The minimum atomic E-state index is -1.26. The second kappa shape index (κ2) is 10.3. The van der Waals surface area contributed by atoms with Crippen LogP contribution in [0, 0.1) is 0 Å². The fourth-order valence-electron chi connectivity index (χ4n) is 2.84. The van der Waals surface area contributed by atoms with Crippen LogP contribution in [0.1, 0.15) is 26.2 Å². The van der Waals surface area contributed by atoms with Gasteiger partial charge in [-0.3, -0.25) is 4.79 Å². The molecule has 0 aliphatic carbocycles. The first-order valence-electron chi connectivity index (χ1n) is 8.72. The van der Waals surface area contributed by atoms with E-state index in [4.69, 9.17) is 12.2 Å². The van der Waals surface area contributed by atoms with Gasteiger partial charge in [0, 0.05) is 19.3 Å². The second-order valence-corrected chi connectivity index (χ2v) is 9.05. The number of thioether (sulfide) groups is 2. The standard InChI is InChI=1S/C12H14N2O3S3.C5H11N/c1-7(5-8-13(2)3-4-19-8)10-11(17)20-12(18)14(10)6-9(15)16;1-2-4-6-5-3-1/h5H,3-4,6H2,1-2H3,(H,15,16);6H,1-5H2. The summed E-state index contributed by atoms with van der Waals surface area (Å²) in [5.41, 5.74) is 1.07. The van der Waals surface area contributed by atoms with E-state index in [9.17, 15) is 14.7 Å². The zero-order chi connectivity index (χ0) is 19.1. The average molecular weight is 416 g/mol. The molecule has 0 bridgehead atoms. The van der Waals surface area contributed by atoms with E-state index in [1.54, 1.807) is 18.7 Å². The Morgan fingerprint density at radius 3 is 2.50 bits per heavy atom. The van der Waals surface area contributed by atoms with E-state index < -0.39 is 12.5 Å². The predicted molar refractivity (Wildman–Crippen MR) is 108 cm³/mol. The molecule has 0 radical (unpaired) electrons. The normalized spacial score (nSPS) is 24.0. The highest BCUT2D eigenvalue weighted by Crippen LogP contribution is 2.33. The number of thiocarbonyl (C=S) groups is 1. The number of allylic oxidation sites excluding steroid dienone is 2. The minimum absolute atomic E-state index is 0.212. The number of quaternary nitrogens is 1. The summed E-state index contributed by atoms with van der Waals surface area (Å²) in [4.78, 5) is 26.2. The van der Waals surface area contributed by atoms with Gasteiger partial charge in [-0.2, -0.15) is 0 Å². The summed E-state index contributed by atoms with van der Waals surface area (Å²) in [5.74, 6) is -0.248. The van der Waals surface area contributed by atoms with Crippen molar-refractivity contribution >= 4 is 51.1 Å². The van der Waals surface area contributed by atoms with Crippen LogP contribution in [0.25, 0.3) is 0 Å². The number of hydrogen-bond donors (Lipinski definition) is 1. The molecule has 0 aromatic rings. The van der Waals surface area contributed by atoms with E-state index in [-0.39, 0.29) is 9.44 Å². The van der Waals surface area contributed by atoms with Crippen LogP contribution >= 0.6 is 35.7 Å². The molecule has 0 amide bonds.